The van der Waals surface area contributed by atoms with Gasteiger partial charge in [0.2, 0.25) is 0 Å². The van der Waals surface area contributed by atoms with E-state index in [4.69, 9.17) is 21.9 Å². The average Bonchev–Trinajstić information content (AvgIpc) is 2.88. The fourth-order valence-electron chi connectivity index (χ4n) is 2.28. The highest BCUT2D eigenvalue weighted by Gasteiger charge is 2.24. The number of hydrazine groups is 1. The lowest BCUT2D eigenvalue weighted by molar-refractivity contribution is 0.444. The molecule has 0 fully saturated rings. The van der Waals surface area contributed by atoms with Crippen molar-refractivity contribution in [2.45, 2.75) is 6.04 Å². The third-order valence-electron chi connectivity index (χ3n) is 3.25. The topological polar surface area (TPSA) is 51.2 Å². The second-order valence-electron chi connectivity index (χ2n) is 4.54. The maximum absolute atomic E-state index is 13.9. The molecule has 0 saturated carbocycles. The van der Waals surface area contributed by atoms with E-state index < -0.39 is 17.7 Å². The van der Waals surface area contributed by atoms with E-state index in [2.05, 4.69) is 5.43 Å². The van der Waals surface area contributed by atoms with Crippen LogP contribution in [0.25, 0.3) is 11.0 Å². The summed E-state index contributed by atoms with van der Waals surface area (Å²) in [6.07, 6.45) is 0. The van der Waals surface area contributed by atoms with E-state index in [1.165, 1.54) is 18.2 Å². The standard InChI is InChI=1S/C15H11ClF2N2O/c16-9-4-1-3-8-7-12(21-15(8)9)14(20-19)13-10(17)5-2-6-11(13)18/h1-7,14,20H,19H2. The number of nitrogens with one attached hydrogen (secondary N) is 1. The second-order valence-corrected chi connectivity index (χ2v) is 4.95. The summed E-state index contributed by atoms with van der Waals surface area (Å²) >= 11 is 6.03. The SMILES string of the molecule is NNC(c1cc2cccc(Cl)c2o1)c1c(F)cccc1F. The molecule has 0 aliphatic heterocycles. The van der Waals surface area contributed by atoms with Crippen LogP contribution in [0.15, 0.2) is 46.9 Å². The van der Waals surface area contributed by atoms with Crippen molar-refractivity contribution in [2.75, 3.05) is 0 Å². The van der Waals surface area contributed by atoms with Crippen molar-refractivity contribution in [3.8, 4) is 0 Å². The molecule has 1 unspecified atom stereocenters. The second kappa shape index (κ2) is 5.44. The summed E-state index contributed by atoms with van der Waals surface area (Å²) < 4.78 is 33.4. The molecule has 1 atom stereocenters. The van der Waals surface area contributed by atoms with Crippen LogP contribution in [-0.4, -0.2) is 0 Å². The third-order valence-corrected chi connectivity index (χ3v) is 3.55. The number of benzene rings is 2. The van der Waals surface area contributed by atoms with Gasteiger partial charge in [0.05, 0.1) is 5.02 Å². The molecule has 1 heterocycles. The van der Waals surface area contributed by atoms with Gasteiger partial charge in [-0.2, -0.15) is 0 Å². The van der Waals surface area contributed by atoms with Gasteiger partial charge in [0.1, 0.15) is 23.4 Å². The summed E-state index contributed by atoms with van der Waals surface area (Å²) in [4.78, 5) is 0. The van der Waals surface area contributed by atoms with Crippen molar-refractivity contribution < 1.29 is 13.2 Å². The van der Waals surface area contributed by atoms with Crippen molar-refractivity contribution >= 4 is 22.6 Å². The Kier molecular flexibility index (Phi) is 3.63. The molecule has 0 aliphatic rings. The minimum absolute atomic E-state index is 0.199. The summed E-state index contributed by atoms with van der Waals surface area (Å²) in [5, 5.41) is 1.15. The lowest BCUT2D eigenvalue weighted by Crippen LogP contribution is -2.30. The van der Waals surface area contributed by atoms with Crippen LogP contribution in [0.5, 0.6) is 0 Å². The zero-order chi connectivity index (χ0) is 15.0. The minimum Gasteiger partial charge on any atom is -0.457 e. The fourth-order valence-corrected chi connectivity index (χ4v) is 2.50. The molecule has 0 spiro atoms. The first kappa shape index (κ1) is 14.0. The Balaban J connectivity index is 2.16. The number of nitrogens with two attached hydrogens (primary N) is 1. The third kappa shape index (κ3) is 2.40. The Labute approximate surface area is 124 Å². The molecule has 3 rings (SSSR count). The molecule has 0 radical (unpaired) electrons. The lowest BCUT2D eigenvalue weighted by atomic mass is 10.0. The smallest absolute Gasteiger partial charge is 0.152 e. The van der Waals surface area contributed by atoms with Crippen LogP contribution in [0, 0.1) is 11.6 Å². The molecule has 1 aromatic heterocycles. The monoisotopic (exact) mass is 308 g/mol. The van der Waals surface area contributed by atoms with Gasteiger partial charge >= 0.3 is 0 Å². The number of hydrogen-bond acceptors (Lipinski definition) is 3. The van der Waals surface area contributed by atoms with Crippen LogP contribution >= 0.6 is 11.6 Å². The zero-order valence-electron chi connectivity index (χ0n) is 10.7. The zero-order valence-corrected chi connectivity index (χ0v) is 11.5. The Morgan fingerprint density at radius 2 is 1.76 bits per heavy atom. The van der Waals surface area contributed by atoms with E-state index in [0.717, 1.165) is 5.39 Å². The molecule has 0 amide bonds. The quantitative estimate of drug-likeness (QED) is 0.569. The van der Waals surface area contributed by atoms with Gasteiger partial charge in [-0.25, -0.2) is 14.2 Å². The number of halogens is 3. The Bertz CT molecular complexity index is 783. The molecular formula is C15H11ClF2N2O. The van der Waals surface area contributed by atoms with Crippen LogP contribution in [-0.2, 0) is 0 Å². The molecular weight excluding hydrogens is 298 g/mol. The first-order valence-corrected chi connectivity index (χ1v) is 6.57. The van der Waals surface area contributed by atoms with Gasteiger partial charge in [0, 0.05) is 10.9 Å². The molecule has 21 heavy (non-hydrogen) atoms. The lowest BCUT2D eigenvalue weighted by Gasteiger charge is -2.15. The van der Waals surface area contributed by atoms with Crippen molar-refractivity contribution in [3.63, 3.8) is 0 Å². The molecule has 0 bridgehead atoms. The summed E-state index contributed by atoms with van der Waals surface area (Å²) in [7, 11) is 0. The predicted octanol–water partition coefficient (Wildman–Crippen LogP) is 3.92. The van der Waals surface area contributed by atoms with Gasteiger partial charge in [-0.15, -0.1) is 0 Å². The molecule has 3 N–H and O–H groups in total. The van der Waals surface area contributed by atoms with Crippen LogP contribution in [0.1, 0.15) is 17.4 Å². The molecule has 3 aromatic rings. The number of furan rings is 1. The van der Waals surface area contributed by atoms with Gasteiger partial charge in [0.15, 0.2) is 5.58 Å². The highest BCUT2D eigenvalue weighted by Crippen LogP contribution is 2.33. The van der Waals surface area contributed by atoms with Gasteiger partial charge < -0.3 is 4.42 Å². The normalized spacial score (nSPS) is 12.8. The van der Waals surface area contributed by atoms with Gasteiger partial charge in [-0.3, -0.25) is 5.84 Å². The summed E-state index contributed by atoms with van der Waals surface area (Å²) in [6.45, 7) is 0. The molecule has 0 saturated heterocycles. The largest absolute Gasteiger partial charge is 0.457 e. The molecule has 2 aromatic carbocycles. The Morgan fingerprint density at radius 1 is 1.10 bits per heavy atom. The minimum atomic E-state index is -0.949. The van der Waals surface area contributed by atoms with Crippen LogP contribution < -0.4 is 11.3 Å². The molecule has 6 heteroatoms. The van der Waals surface area contributed by atoms with Crippen molar-refractivity contribution in [1.82, 2.24) is 5.43 Å². The Hall–Kier alpha value is -1.95. The predicted molar refractivity (Wildman–Crippen MR) is 76.7 cm³/mol. The fraction of sp³-hybridized carbons (Fsp3) is 0.0667. The molecule has 0 aliphatic carbocycles. The number of para-hydroxylation sites is 1. The highest BCUT2D eigenvalue weighted by molar-refractivity contribution is 6.34. The molecule has 3 nitrogen and oxygen atoms in total. The average molecular weight is 309 g/mol. The first-order valence-electron chi connectivity index (χ1n) is 6.20. The van der Waals surface area contributed by atoms with E-state index in [9.17, 15) is 8.78 Å². The summed E-state index contributed by atoms with van der Waals surface area (Å²) in [5.74, 6) is 4.33. The van der Waals surface area contributed by atoms with Crippen molar-refractivity contribution in [3.05, 3.63) is 70.4 Å². The van der Waals surface area contributed by atoms with Crippen molar-refractivity contribution in [2.24, 2.45) is 5.84 Å². The van der Waals surface area contributed by atoms with E-state index in [1.807, 2.05) is 0 Å². The maximum Gasteiger partial charge on any atom is 0.152 e. The highest BCUT2D eigenvalue weighted by atomic mass is 35.5. The van der Waals surface area contributed by atoms with E-state index in [1.54, 1.807) is 24.3 Å². The van der Waals surface area contributed by atoms with Crippen LogP contribution in [0.3, 0.4) is 0 Å². The van der Waals surface area contributed by atoms with E-state index >= 15 is 0 Å². The summed E-state index contributed by atoms with van der Waals surface area (Å²) in [5.41, 5.74) is 2.63. The summed E-state index contributed by atoms with van der Waals surface area (Å²) in [6, 6.07) is 9.55. The number of fused-ring (bicyclic) bond motifs is 1. The maximum atomic E-state index is 13.9. The van der Waals surface area contributed by atoms with E-state index in [0.29, 0.717) is 10.6 Å². The van der Waals surface area contributed by atoms with Gasteiger partial charge in [-0.05, 0) is 24.3 Å². The van der Waals surface area contributed by atoms with Gasteiger partial charge in [-0.1, -0.05) is 29.8 Å². The van der Waals surface area contributed by atoms with E-state index in [-0.39, 0.29) is 11.3 Å². The number of hydrogen-bond donors (Lipinski definition) is 2. The van der Waals surface area contributed by atoms with Crippen molar-refractivity contribution in [1.29, 1.82) is 0 Å². The Morgan fingerprint density at radius 3 is 2.38 bits per heavy atom. The van der Waals surface area contributed by atoms with Crippen LogP contribution in [0.2, 0.25) is 5.02 Å². The number of rotatable bonds is 3. The van der Waals surface area contributed by atoms with Crippen LogP contribution in [0.4, 0.5) is 8.78 Å². The van der Waals surface area contributed by atoms with Gasteiger partial charge in [0.25, 0.3) is 0 Å². The first-order chi connectivity index (χ1) is 10.1. The molecule has 108 valence electrons.